The highest BCUT2D eigenvalue weighted by molar-refractivity contribution is 7.56. The third-order valence-corrected chi connectivity index (χ3v) is 1.29. The first-order chi connectivity index (χ1) is 5.34. The maximum Gasteiger partial charge on any atom is 0.290 e. The van der Waals surface area contributed by atoms with Crippen LogP contribution in [0.2, 0.25) is 0 Å². The Labute approximate surface area is 67.0 Å². The van der Waals surface area contributed by atoms with E-state index in [1.54, 1.807) is 18.3 Å². The fourth-order valence-corrected chi connectivity index (χ4v) is 0.772. The van der Waals surface area contributed by atoms with Gasteiger partial charge in [-0.2, -0.15) is 0 Å². The van der Waals surface area contributed by atoms with Crippen molar-refractivity contribution in [3.05, 3.63) is 30.1 Å². The highest BCUT2D eigenvalue weighted by atomic mass is 32.1. The largest absolute Gasteiger partial charge is 0.290 e. The molecule has 0 aromatic carbocycles. The minimum atomic E-state index is -0.418. The summed E-state index contributed by atoms with van der Waals surface area (Å²) in [7, 11) is 0. The number of pyridine rings is 1. The fraction of sp³-hybridized carbons (Fsp3) is 0. The highest BCUT2D eigenvalue weighted by Crippen LogP contribution is 1.96. The normalized spacial score (nSPS) is 8.73. The van der Waals surface area contributed by atoms with Crippen LogP contribution in [0.5, 0.6) is 0 Å². The molecule has 0 atom stereocenters. The van der Waals surface area contributed by atoms with E-state index >= 15 is 0 Å². The van der Waals surface area contributed by atoms with E-state index in [4.69, 9.17) is 4.78 Å². The Kier molecular flexibility index (Phi) is 2.62. The van der Waals surface area contributed by atoms with Crippen molar-refractivity contribution in [2.75, 3.05) is 0 Å². The van der Waals surface area contributed by atoms with Gasteiger partial charge in [0.05, 0.1) is 16.9 Å². The van der Waals surface area contributed by atoms with Gasteiger partial charge in [0.1, 0.15) is 0 Å². The Hall–Kier alpha value is -1.36. The molecule has 1 aromatic heterocycles. The molecule has 0 saturated heterocycles. The maximum atomic E-state index is 10.9. The van der Waals surface area contributed by atoms with Gasteiger partial charge in [0.25, 0.3) is 5.91 Å². The van der Waals surface area contributed by atoms with E-state index in [1.165, 1.54) is 6.20 Å². The first-order valence-electron chi connectivity index (χ1n) is 2.82. The van der Waals surface area contributed by atoms with Gasteiger partial charge in [-0.05, 0) is 12.1 Å². The summed E-state index contributed by atoms with van der Waals surface area (Å²) in [5.41, 5.74) is 0.409. The molecular weight excluding hydrogens is 162 g/mol. The van der Waals surface area contributed by atoms with Gasteiger partial charge in [-0.15, -0.1) is 4.36 Å². The standard InChI is InChI=1S/C6H5N3OS/c7-11-9-6(10)5-2-1-3-8-4-5/h1-4,7H. The topological polar surface area (TPSA) is 66.2 Å². The highest BCUT2D eigenvalue weighted by Gasteiger charge is 2.00. The third-order valence-electron chi connectivity index (χ3n) is 1.04. The van der Waals surface area contributed by atoms with Crippen molar-refractivity contribution in [1.82, 2.24) is 4.98 Å². The summed E-state index contributed by atoms with van der Waals surface area (Å²) in [6.07, 6.45) is 2.99. The fourth-order valence-electron chi connectivity index (χ4n) is 0.583. The van der Waals surface area contributed by atoms with Crippen LogP contribution < -0.4 is 0 Å². The Morgan fingerprint density at radius 3 is 3.09 bits per heavy atom. The Balaban J connectivity index is 2.94. The van der Waals surface area contributed by atoms with Crippen molar-refractivity contribution < 1.29 is 4.79 Å². The molecular formula is C6H5N3OS. The molecule has 1 aromatic rings. The molecule has 11 heavy (non-hydrogen) atoms. The molecule has 0 saturated carbocycles. The number of aromatic nitrogens is 1. The number of nitrogens with one attached hydrogen (secondary N) is 1. The average Bonchev–Trinajstić information content (AvgIpc) is 2.07. The van der Waals surface area contributed by atoms with Gasteiger partial charge in [-0.25, -0.2) is 4.78 Å². The lowest BCUT2D eigenvalue weighted by Crippen LogP contribution is -1.92. The smallest absolute Gasteiger partial charge is 0.266 e. The van der Waals surface area contributed by atoms with Gasteiger partial charge in [0, 0.05) is 12.4 Å². The Morgan fingerprint density at radius 2 is 2.55 bits per heavy atom. The number of hydrogen-bond donors (Lipinski definition) is 1. The quantitative estimate of drug-likeness (QED) is 0.684. The van der Waals surface area contributed by atoms with Crippen molar-refractivity contribution >= 4 is 17.3 Å². The van der Waals surface area contributed by atoms with Crippen molar-refractivity contribution in [2.24, 2.45) is 4.36 Å². The molecule has 5 heteroatoms. The molecule has 0 aliphatic rings. The van der Waals surface area contributed by atoms with E-state index in [9.17, 15) is 4.79 Å². The molecule has 1 rings (SSSR count). The zero-order valence-electron chi connectivity index (χ0n) is 5.52. The van der Waals surface area contributed by atoms with Crippen LogP contribution in [0.1, 0.15) is 10.4 Å². The molecule has 0 aliphatic carbocycles. The van der Waals surface area contributed by atoms with Crippen LogP contribution in [-0.2, 0) is 11.4 Å². The van der Waals surface area contributed by atoms with Crippen molar-refractivity contribution in [3.8, 4) is 0 Å². The second-order valence-electron chi connectivity index (χ2n) is 1.73. The molecule has 56 valence electrons. The second kappa shape index (κ2) is 3.72. The van der Waals surface area contributed by atoms with Crippen molar-refractivity contribution in [3.63, 3.8) is 0 Å². The summed E-state index contributed by atoms with van der Waals surface area (Å²) in [5.74, 6) is -0.418. The number of carbonyl (C=O) groups excluding carboxylic acids is 1. The van der Waals surface area contributed by atoms with E-state index < -0.39 is 5.91 Å². The Morgan fingerprint density at radius 1 is 1.73 bits per heavy atom. The van der Waals surface area contributed by atoms with Crippen LogP contribution in [-0.4, -0.2) is 10.9 Å². The molecule has 0 radical (unpaired) electrons. The van der Waals surface area contributed by atoms with Gasteiger partial charge in [0.2, 0.25) is 0 Å². The minimum Gasteiger partial charge on any atom is -0.266 e. The lowest BCUT2D eigenvalue weighted by Gasteiger charge is -1.88. The van der Waals surface area contributed by atoms with E-state index in [2.05, 4.69) is 9.35 Å². The maximum absolute atomic E-state index is 10.9. The molecule has 0 spiro atoms. The first-order valence-corrected chi connectivity index (χ1v) is 3.60. The lowest BCUT2D eigenvalue weighted by atomic mass is 10.3. The van der Waals surface area contributed by atoms with E-state index in [0.717, 1.165) is 0 Å². The van der Waals surface area contributed by atoms with Crippen LogP contribution in [0.4, 0.5) is 0 Å². The van der Waals surface area contributed by atoms with E-state index in [1.807, 2.05) is 0 Å². The predicted octanol–water partition coefficient (Wildman–Crippen LogP) is 1.25. The number of amides is 1. The summed E-state index contributed by atoms with van der Waals surface area (Å²) in [4.78, 5) is 14.6. The third kappa shape index (κ3) is 2.05. The molecule has 1 heterocycles. The van der Waals surface area contributed by atoms with Gasteiger partial charge >= 0.3 is 0 Å². The molecule has 1 N–H and O–H groups in total. The number of carbonyl (C=O) groups is 1. The van der Waals surface area contributed by atoms with Gasteiger partial charge in [-0.1, -0.05) is 0 Å². The zero-order chi connectivity index (χ0) is 8.10. The summed E-state index contributed by atoms with van der Waals surface area (Å²) in [5, 5.41) is 0. The molecule has 0 fully saturated rings. The number of rotatable bonds is 1. The SMILES string of the molecule is N=S=NC(=O)c1cccnc1. The van der Waals surface area contributed by atoms with Crippen LogP contribution in [0.25, 0.3) is 0 Å². The van der Waals surface area contributed by atoms with Crippen molar-refractivity contribution in [1.29, 1.82) is 4.78 Å². The van der Waals surface area contributed by atoms with E-state index in [0.29, 0.717) is 16.9 Å². The summed E-state index contributed by atoms with van der Waals surface area (Å²) < 4.78 is 9.89. The molecule has 0 bridgehead atoms. The molecule has 0 unspecified atom stereocenters. The number of nitrogens with zero attached hydrogens (tertiary/aromatic N) is 2. The van der Waals surface area contributed by atoms with Gasteiger partial charge in [-0.3, -0.25) is 9.78 Å². The average molecular weight is 167 g/mol. The second-order valence-corrected chi connectivity index (χ2v) is 2.09. The van der Waals surface area contributed by atoms with E-state index in [-0.39, 0.29) is 0 Å². The summed E-state index contributed by atoms with van der Waals surface area (Å²) in [6, 6.07) is 3.26. The lowest BCUT2D eigenvalue weighted by molar-refractivity contribution is 0.101. The van der Waals surface area contributed by atoms with Crippen LogP contribution in [0.3, 0.4) is 0 Å². The number of hydrogen-bond acceptors (Lipinski definition) is 3. The molecule has 4 nitrogen and oxygen atoms in total. The summed E-state index contributed by atoms with van der Waals surface area (Å²) >= 11 is 0.402. The monoisotopic (exact) mass is 167 g/mol. The predicted molar refractivity (Wildman–Crippen MR) is 41.1 cm³/mol. The van der Waals surface area contributed by atoms with Crippen LogP contribution >= 0.6 is 0 Å². The summed E-state index contributed by atoms with van der Waals surface area (Å²) in [6.45, 7) is 0. The zero-order valence-corrected chi connectivity index (χ0v) is 6.34. The van der Waals surface area contributed by atoms with Crippen LogP contribution in [0.15, 0.2) is 28.9 Å². The first kappa shape index (κ1) is 7.74. The molecule has 0 aliphatic heterocycles. The van der Waals surface area contributed by atoms with Gasteiger partial charge in [0.15, 0.2) is 0 Å². The minimum absolute atomic E-state index is 0.402. The van der Waals surface area contributed by atoms with Crippen LogP contribution in [0, 0.1) is 4.78 Å². The van der Waals surface area contributed by atoms with Crippen molar-refractivity contribution in [2.45, 2.75) is 0 Å². The van der Waals surface area contributed by atoms with Gasteiger partial charge < -0.3 is 0 Å². The molecule has 1 amide bonds. The Bertz CT molecular complexity index is 305.